The number of benzene rings is 2. The number of hydrogen-bond acceptors (Lipinski definition) is 18. The van der Waals surface area contributed by atoms with Crippen LogP contribution in [0.25, 0.3) is 45.0 Å². The molecule has 26 nitrogen and oxygen atoms in total. The van der Waals surface area contributed by atoms with E-state index in [1.165, 1.54) is 18.7 Å². The lowest BCUT2D eigenvalue weighted by Crippen LogP contribution is -2.21. The number of nitrogens with zero attached hydrogens (tertiary/aromatic N) is 14. The fourth-order valence-corrected chi connectivity index (χ4v) is 7.89. The molecule has 26 heteroatoms. The van der Waals surface area contributed by atoms with Crippen LogP contribution in [0.2, 0.25) is 0 Å². The van der Waals surface area contributed by atoms with E-state index < -0.39 is 23.6 Å². The van der Waals surface area contributed by atoms with Crippen LogP contribution in [0.3, 0.4) is 0 Å². The molecule has 9 rings (SSSR count). The Hall–Kier alpha value is -9.62. The summed E-state index contributed by atoms with van der Waals surface area (Å²) in [7, 11) is 0. The molecule has 1 aliphatic rings. The lowest BCUT2D eigenvalue weighted by Gasteiger charge is -2.17. The molecule has 0 saturated carbocycles. The van der Waals surface area contributed by atoms with Crippen LogP contribution in [0.4, 0.5) is 23.3 Å². The van der Waals surface area contributed by atoms with Gasteiger partial charge < -0.3 is 40.2 Å². The molecule has 0 aliphatic carbocycles. The number of aromatic nitrogens is 14. The average Bonchev–Trinajstić information content (AvgIpc) is 4.27. The summed E-state index contributed by atoms with van der Waals surface area (Å²) in [6.45, 7) is 16.8. The molecule has 80 heavy (non-hydrogen) atoms. The van der Waals surface area contributed by atoms with E-state index in [2.05, 4.69) is 72.5 Å². The lowest BCUT2D eigenvalue weighted by atomic mass is 10.0. The molecule has 16 bridgehead atoms. The maximum atomic E-state index is 13.5. The van der Waals surface area contributed by atoms with Gasteiger partial charge >= 0.3 is 0 Å². The summed E-state index contributed by atoms with van der Waals surface area (Å²) in [6.07, 6.45) is 6.45. The summed E-state index contributed by atoms with van der Waals surface area (Å²) in [5, 5.41) is 45.9. The zero-order chi connectivity index (χ0) is 56.5. The number of rotatable bonds is 12. The summed E-state index contributed by atoms with van der Waals surface area (Å²) < 4.78 is 30.8. The number of ether oxygens (including phenoxy) is 4. The van der Waals surface area contributed by atoms with Crippen molar-refractivity contribution in [1.82, 2.24) is 69.9 Å². The van der Waals surface area contributed by atoms with Crippen molar-refractivity contribution in [3.05, 3.63) is 85.5 Å². The first-order valence-electron chi connectivity index (χ1n) is 26.1. The minimum absolute atomic E-state index is 0.173. The van der Waals surface area contributed by atoms with Gasteiger partial charge in [-0.25, -0.2) is 28.7 Å². The van der Waals surface area contributed by atoms with E-state index in [9.17, 15) is 19.2 Å². The molecular formula is C54H62N18O8. The van der Waals surface area contributed by atoms with Crippen molar-refractivity contribution < 1.29 is 38.1 Å². The largest absolute Gasteiger partial charge is 0.492 e. The van der Waals surface area contributed by atoms with Crippen molar-refractivity contribution in [1.29, 1.82) is 0 Å². The van der Waals surface area contributed by atoms with Crippen LogP contribution in [0.15, 0.2) is 85.5 Å². The summed E-state index contributed by atoms with van der Waals surface area (Å²) in [4.78, 5) is 62.9. The van der Waals surface area contributed by atoms with Crippen molar-refractivity contribution in [2.24, 2.45) is 23.7 Å². The average molecular weight is 1090 g/mol. The van der Waals surface area contributed by atoms with E-state index in [0.29, 0.717) is 94.5 Å². The van der Waals surface area contributed by atoms with Crippen LogP contribution in [0, 0.1) is 23.7 Å². The van der Waals surface area contributed by atoms with Crippen molar-refractivity contribution in [2.75, 3.05) is 47.7 Å². The fraction of sp³-hybridized carbons (Fsp3) is 0.370. The highest BCUT2D eigenvalue weighted by Crippen LogP contribution is 2.42. The molecule has 0 fully saturated rings. The minimum atomic E-state index is -0.467. The van der Waals surface area contributed by atoms with Gasteiger partial charge in [0.25, 0.3) is 0 Å². The predicted molar refractivity (Wildman–Crippen MR) is 293 cm³/mol. The summed E-state index contributed by atoms with van der Waals surface area (Å²) in [6, 6.07) is 16.8. The van der Waals surface area contributed by atoms with Gasteiger partial charge in [0, 0.05) is 34.4 Å². The van der Waals surface area contributed by atoms with Gasteiger partial charge in [-0.15, -0.1) is 20.4 Å². The Morgan fingerprint density at radius 1 is 0.388 bits per heavy atom. The van der Waals surface area contributed by atoms with Crippen LogP contribution >= 0.6 is 0 Å². The number of anilines is 4. The van der Waals surface area contributed by atoms with E-state index in [1.807, 2.05) is 55.4 Å². The Morgan fingerprint density at radius 3 is 0.850 bits per heavy atom. The van der Waals surface area contributed by atoms with E-state index in [1.54, 1.807) is 85.5 Å². The van der Waals surface area contributed by atoms with Gasteiger partial charge in [0.15, 0.2) is 0 Å². The van der Waals surface area contributed by atoms with E-state index in [-0.39, 0.29) is 73.1 Å². The van der Waals surface area contributed by atoms with Gasteiger partial charge in [0.1, 0.15) is 95.2 Å². The normalized spacial score (nSPS) is 13.4. The molecule has 0 saturated heterocycles. The molecule has 4 amide bonds. The number of fused-ring (bicyclic) bond motifs is 20. The van der Waals surface area contributed by atoms with E-state index >= 15 is 0 Å². The molecule has 0 unspecified atom stereocenters. The van der Waals surface area contributed by atoms with E-state index in [0.717, 1.165) is 0 Å². The molecule has 2 aromatic carbocycles. The van der Waals surface area contributed by atoms with Gasteiger partial charge in [0.05, 0.1) is 51.2 Å². The van der Waals surface area contributed by atoms with Gasteiger partial charge in [-0.05, 0) is 60.1 Å². The summed E-state index contributed by atoms with van der Waals surface area (Å²) >= 11 is 0. The van der Waals surface area contributed by atoms with Crippen LogP contribution in [0.5, 0.6) is 23.0 Å². The molecule has 4 N–H and O–H groups in total. The minimum Gasteiger partial charge on any atom is -0.492 e. The second-order valence-electron chi connectivity index (χ2n) is 20.7. The number of carbonyl (C=O) groups excluding carboxylic acids is 4. The molecule has 0 spiro atoms. The summed E-state index contributed by atoms with van der Waals surface area (Å²) in [5.74, 6) is 1.37. The molecule has 8 aromatic rings. The standard InChI is InChI=1S/C54H62N18O8/c1-31(2)27-77-43-17-44(78-28-32(3)4)36-15-35(43)39-19-69(65-61-39)23-51(73)57-47-11-9-12-48(55-47)59-53(75)25-71-21-41(63-67-71)37-16-38(46(80-30-34(7)8)18-45(37)79-29-33(5)6)42-22-72(68-64-42)26-54(76)60-50-14-10-13-49(56-50)58-52(74)24-70-20-40(36)62-66-70/h9-22,31-34H,23-30H2,1-8H3,(H2,55,57,59,73,75)(H2,56,58,60,74,76). The van der Waals surface area contributed by atoms with Crippen molar-refractivity contribution in [3.63, 3.8) is 0 Å². The maximum Gasteiger partial charge on any atom is 0.247 e. The number of hydrogen-bond donors (Lipinski definition) is 4. The Labute approximate surface area is 460 Å². The van der Waals surface area contributed by atoms with Gasteiger partial charge in [-0.3, -0.25) is 19.2 Å². The first-order chi connectivity index (χ1) is 38.5. The third-order valence-corrected chi connectivity index (χ3v) is 11.5. The van der Waals surface area contributed by atoms with E-state index in [4.69, 9.17) is 18.9 Å². The highest BCUT2D eigenvalue weighted by molar-refractivity contribution is 5.93. The smallest absolute Gasteiger partial charge is 0.247 e. The maximum absolute atomic E-state index is 13.5. The molecule has 1 aliphatic heterocycles. The first-order valence-corrected chi connectivity index (χ1v) is 26.1. The highest BCUT2D eigenvalue weighted by atomic mass is 16.5. The first kappa shape index (κ1) is 55.1. The van der Waals surface area contributed by atoms with Crippen molar-refractivity contribution in [2.45, 2.75) is 81.6 Å². The third-order valence-electron chi connectivity index (χ3n) is 11.5. The van der Waals surface area contributed by atoms with Crippen molar-refractivity contribution >= 4 is 46.9 Å². The Morgan fingerprint density at radius 2 is 0.625 bits per heavy atom. The second-order valence-corrected chi connectivity index (χ2v) is 20.7. The SMILES string of the molecule is CC(C)COc1cc(OCC(C)C)c2cc1-c1cn(nn1)CC(=O)Nc1cccc(n1)NC(=O)Cn1cc(nn1)-c1cc(c(OCC(C)C)cc1OCC(C)C)-c1cn(nn1)CC(=O)Nc1cccc(n1)NC(=O)Cn1cc-2nn1. The molecular weight excluding hydrogens is 1030 g/mol. The molecule has 416 valence electrons. The quantitative estimate of drug-likeness (QED) is 0.101. The van der Waals surface area contributed by atoms with Gasteiger partial charge in [0.2, 0.25) is 23.6 Å². The molecule has 6 aromatic heterocycles. The zero-order valence-electron chi connectivity index (χ0n) is 45.6. The predicted octanol–water partition coefficient (Wildman–Crippen LogP) is 6.52. The lowest BCUT2D eigenvalue weighted by molar-refractivity contribution is -0.117. The monoisotopic (exact) mass is 1090 g/mol. The topological polar surface area (TPSA) is 302 Å². The third kappa shape index (κ3) is 14.5. The van der Waals surface area contributed by atoms with Crippen LogP contribution in [0.1, 0.15) is 55.4 Å². The van der Waals surface area contributed by atoms with Crippen LogP contribution in [-0.2, 0) is 45.4 Å². The molecule has 0 atom stereocenters. The number of amides is 4. The second kappa shape index (κ2) is 24.8. The number of nitrogens with one attached hydrogen (secondary N) is 4. The van der Waals surface area contributed by atoms with Gasteiger partial charge in [-0.2, -0.15) is 0 Å². The molecule has 0 radical (unpaired) electrons. The van der Waals surface area contributed by atoms with Crippen LogP contribution in [-0.4, -0.2) is 120 Å². The number of carbonyl (C=O) groups is 4. The Kier molecular flexibility index (Phi) is 17.1. The highest BCUT2D eigenvalue weighted by Gasteiger charge is 2.24. The Balaban J connectivity index is 1.04. The van der Waals surface area contributed by atoms with Gasteiger partial charge in [-0.1, -0.05) is 88.4 Å². The van der Waals surface area contributed by atoms with Crippen molar-refractivity contribution in [3.8, 4) is 68.0 Å². The number of pyridine rings is 2. The fourth-order valence-electron chi connectivity index (χ4n) is 7.89. The van der Waals surface area contributed by atoms with Crippen LogP contribution < -0.4 is 40.2 Å². The summed E-state index contributed by atoms with van der Waals surface area (Å²) in [5.41, 5.74) is 3.69. The zero-order valence-corrected chi connectivity index (χ0v) is 45.6. The molecule has 7 heterocycles. The Bertz CT molecular complexity index is 3070.